The van der Waals surface area contributed by atoms with Crippen LogP contribution in [0.4, 0.5) is 0 Å². The number of hydrogen-bond acceptors (Lipinski definition) is 4. The molecule has 1 aliphatic heterocycles. The van der Waals surface area contributed by atoms with Gasteiger partial charge in [0.15, 0.2) is 0 Å². The van der Waals surface area contributed by atoms with Crippen LogP contribution in [-0.2, 0) is 10.2 Å². The van der Waals surface area contributed by atoms with Crippen molar-refractivity contribution in [3.63, 3.8) is 0 Å². The summed E-state index contributed by atoms with van der Waals surface area (Å²) in [5.41, 5.74) is 7.66. The highest BCUT2D eigenvalue weighted by Gasteiger charge is 2.42. The molecule has 2 heterocycles. The van der Waals surface area contributed by atoms with Gasteiger partial charge in [-0.3, -0.25) is 0 Å². The van der Waals surface area contributed by atoms with E-state index >= 15 is 0 Å². The summed E-state index contributed by atoms with van der Waals surface area (Å²) >= 11 is 0. The number of nitrogens with zero attached hydrogens (tertiary/aromatic N) is 2. The van der Waals surface area contributed by atoms with Gasteiger partial charge in [0.1, 0.15) is 5.82 Å². The maximum absolute atomic E-state index is 5.83. The fourth-order valence-electron chi connectivity index (χ4n) is 2.07. The zero-order valence-electron chi connectivity index (χ0n) is 10.0. The van der Waals surface area contributed by atoms with Gasteiger partial charge in [0.05, 0.1) is 24.3 Å². The summed E-state index contributed by atoms with van der Waals surface area (Å²) in [6.45, 7) is 1.74. The molecule has 0 aliphatic carbocycles. The van der Waals surface area contributed by atoms with Crippen molar-refractivity contribution in [2.45, 2.75) is 5.41 Å². The summed E-state index contributed by atoms with van der Waals surface area (Å²) < 4.78 is 5.27. The predicted molar refractivity (Wildman–Crippen MR) is 69.0 cm³/mol. The van der Waals surface area contributed by atoms with E-state index in [2.05, 4.69) is 9.97 Å². The average Bonchev–Trinajstić information content (AvgIpc) is 2.40. The molecule has 0 saturated carbocycles. The number of ether oxygens (including phenoxy) is 1. The molecule has 1 saturated heterocycles. The predicted octanol–water partition coefficient (Wildman–Crippen LogP) is 1.37. The Bertz CT molecular complexity index is 532. The van der Waals surface area contributed by atoms with Crippen molar-refractivity contribution in [2.24, 2.45) is 5.73 Å². The molecule has 0 amide bonds. The van der Waals surface area contributed by atoms with Gasteiger partial charge in [-0.05, 0) is 6.07 Å². The summed E-state index contributed by atoms with van der Waals surface area (Å²) in [6.07, 6.45) is 1.79. The molecule has 4 heteroatoms. The van der Waals surface area contributed by atoms with E-state index < -0.39 is 0 Å². The maximum atomic E-state index is 5.83. The van der Waals surface area contributed by atoms with Gasteiger partial charge >= 0.3 is 0 Å². The Morgan fingerprint density at radius 1 is 1.17 bits per heavy atom. The number of rotatable bonds is 3. The van der Waals surface area contributed by atoms with Crippen LogP contribution in [0.15, 0.2) is 42.6 Å². The second-order valence-electron chi connectivity index (χ2n) is 4.61. The second kappa shape index (κ2) is 4.48. The molecular formula is C14H15N3O. The van der Waals surface area contributed by atoms with Crippen LogP contribution in [-0.4, -0.2) is 29.7 Å². The monoisotopic (exact) mass is 241 g/mol. The highest BCUT2D eigenvalue weighted by atomic mass is 16.5. The lowest BCUT2D eigenvalue weighted by atomic mass is 9.85. The van der Waals surface area contributed by atoms with Crippen molar-refractivity contribution in [1.29, 1.82) is 0 Å². The SMILES string of the molecule is NCC1(c2nccc(-c3ccccc3)n2)COC1. The Kier molecular flexibility index (Phi) is 2.81. The van der Waals surface area contributed by atoms with E-state index in [-0.39, 0.29) is 5.41 Å². The molecule has 1 aliphatic rings. The smallest absolute Gasteiger partial charge is 0.141 e. The summed E-state index contributed by atoms with van der Waals surface area (Å²) in [5, 5.41) is 0. The van der Waals surface area contributed by atoms with Crippen LogP contribution >= 0.6 is 0 Å². The van der Waals surface area contributed by atoms with Crippen LogP contribution in [0, 0.1) is 0 Å². The Morgan fingerprint density at radius 2 is 1.94 bits per heavy atom. The number of benzene rings is 1. The van der Waals surface area contributed by atoms with Gasteiger partial charge in [0, 0.05) is 18.3 Å². The molecule has 0 atom stereocenters. The molecule has 4 nitrogen and oxygen atoms in total. The van der Waals surface area contributed by atoms with Crippen LogP contribution in [0.25, 0.3) is 11.3 Å². The van der Waals surface area contributed by atoms with E-state index in [9.17, 15) is 0 Å². The molecule has 2 N–H and O–H groups in total. The highest BCUT2D eigenvalue weighted by Crippen LogP contribution is 2.29. The molecule has 2 aromatic rings. The zero-order valence-corrected chi connectivity index (χ0v) is 10.0. The largest absolute Gasteiger partial charge is 0.379 e. The highest BCUT2D eigenvalue weighted by molar-refractivity contribution is 5.58. The van der Waals surface area contributed by atoms with E-state index in [1.54, 1.807) is 6.20 Å². The van der Waals surface area contributed by atoms with Crippen LogP contribution in [0.1, 0.15) is 5.82 Å². The molecule has 0 spiro atoms. The third-order valence-electron chi connectivity index (χ3n) is 3.35. The minimum absolute atomic E-state index is 0.190. The average molecular weight is 241 g/mol. The number of nitrogens with two attached hydrogens (primary N) is 1. The first-order valence-electron chi connectivity index (χ1n) is 6.01. The second-order valence-corrected chi connectivity index (χ2v) is 4.61. The quantitative estimate of drug-likeness (QED) is 0.881. The van der Waals surface area contributed by atoms with Crippen LogP contribution in [0.3, 0.4) is 0 Å². The fraction of sp³-hybridized carbons (Fsp3) is 0.286. The minimum Gasteiger partial charge on any atom is -0.379 e. The summed E-state index contributed by atoms with van der Waals surface area (Å²) in [5.74, 6) is 0.789. The first-order chi connectivity index (χ1) is 8.84. The summed E-state index contributed by atoms with van der Waals surface area (Å²) in [4.78, 5) is 9.00. The van der Waals surface area contributed by atoms with Crippen LogP contribution in [0.2, 0.25) is 0 Å². The Balaban J connectivity index is 1.99. The first-order valence-corrected chi connectivity index (χ1v) is 6.01. The van der Waals surface area contributed by atoms with Crippen molar-refractivity contribution in [1.82, 2.24) is 9.97 Å². The lowest BCUT2D eigenvalue weighted by Crippen LogP contribution is -2.53. The molecule has 0 unspecified atom stereocenters. The van der Waals surface area contributed by atoms with Crippen molar-refractivity contribution < 1.29 is 4.74 Å². The van der Waals surface area contributed by atoms with Crippen molar-refractivity contribution in [3.8, 4) is 11.3 Å². The maximum Gasteiger partial charge on any atom is 0.141 e. The molecule has 0 radical (unpaired) electrons. The van der Waals surface area contributed by atoms with Gasteiger partial charge in [0.2, 0.25) is 0 Å². The van der Waals surface area contributed by atoms with Gasteiger partial charge in [-0.1, -0.05) is 30.3 Å². The van der Waals surface area contributed by atoms with Crippen molar-refractivity contribution >= 4 is 0 Å². The van der Waals surface area contributed by atoms with Crippen molar-refractivity contribution in [3.05, 3.63) is 48.4 Å². The van der Waals surface area contributed by atoms with Gasteiger partial charge in [-0.25, -0.2) is 9.97 Å². The van der Waals surface area contributed by atoms with E-state index in [0.29, 0.717) is 19.8 Å². The molecule has 92 valence electrons. The summed E-state index contributed by atoms with van der Waals surface area (Å²) in [6, 6.07) is 12.0. The van der Waals surface area contributed by atoms with E-state index in [1.165, 1.54) is 0 Å². The Labute approximate surface area is 106 Å². The summed E-state index contributed by atoms with van der Waals surface area (Å²) in [7, 11) is 0. The molecule has 3 rings (SSSR count). The van der Waals surface area contributed by atoms with Gasteiger partial charge in [-0.2, -0.15) is 0 Å². The van der Waals surface area contributed by atoms with E-state index in [4.69, 9.17) is 10.5 Å². The minimum atomic E-state index is -0.190. The van der Waals surface area contributed by atoms with Gasteiger partial charge in [-0.15, -0.1) is 0 Å². The number of aromatic nitrogens is 2. The normalized spacial score (nSPS) is 17.2. The van der Waals surface area contributed by atoms with Crippen molar-refractivity contribution in [2.75, 3.05) is 19.8 Å². The van der Waals surface area contributed by atoms with Gasteiger partial charge < -0.3 is 10.5 Å². The molecule has 1 fully saturated rings. The molecule has 0 bridgehead atoms. The van der Waals surface area contributed by atoms with E-state index in [0.717, 1.165) is 17.1 Å². The Morgan fingerprint density at radius 3 is 2.56 bits per heavy atom. The van der Waals surface area contributed by atoms with E-state index in [1.807, 2.05) is 36.4 Å². The number of hydrogen-bond donors (Lipinski definition) is 1. The van der Waals surface area contributed by atoms with Gasteiger partial charge in [0.25, 0.3) is 0 Å². The molecular weight excluding hydrogens is 226 g/mol. The van der Waals surface area contributed by atoms with Crippen LogP contribution < -0.4 is 5.73 Å². The lowest BCUT2D eigenvalue weighted by Gasteiger charge is -2.38. The zero-order chi connectivity index (χ0) is 12.4. The fourth-order valence-corrected chi connectivity index (χ4v) is 2.07. The Hall–Kier alpha value is -1.78. The topological polar surface area (TPSA) is 61.0 Å². The lowest BCUT2D eigenvalue weighted by molar-refractivity contribution is -0.0593. The first kappa shape index (κ1) is 11.3. The third-order valence-corrected chi connectivity index (χ3v) is 3.35. The standard InChI is InChI=1S/C14H15N3O/c15-8-14(9-18-10-14)13-16-7-6-12(17-13)11-4-2-1-3-5-11/h1-7H,8-10,15H2. The molecule has 1 aromatic heterocycles. The molecule has 1 aromatic carbocycles. The third kappa shape index (κ3) is 1.79. The molecule has 18 heavy (non-hydrogen) atoms. The van der Waals surface area contributed by atoms with Crippen LogP contribution in [0.5, 0.6) is 0 Å².